The zero-order valence-corrected chi connectivity index (χ0v) is 10.0. The van der Waals surface area contributed by atoms with Crippen molar-refractivity contribution in [3.05, 3.63) is 23.7 Å². The first-order valence-corrected chi connectivity index (χ1v) is 6.59. The van der Waals surface area contributed by atoms with Crippen LogP contribution in [0.5, 0.6) is 0 Å². The average Bonchev–Trinajstić information content (AvgIpc) is 2.37. The molecule has 0 saturated heterocycles. The second kappa shape index (κ2) is 6.62. The highest BCUT2D eigenvalue weighted by Gasteiger charge is 2.06. The molecule has 2 rings (SSSR count). The first-order valence-electron chi connectivity index (χ1n) is 6.59. The van der Waals surface area contributed by atoms with Crippen LogP contribution in [0.4, 0.5) is 0 Å². The van der Waals surface area contributed by atoms with Crippen LogP contribution in [0, 0.1) is 0 Å². The lowest BCUT2D eigenvalue weighted by Gasteiger charge is -2.17. The van der Waals surface area contributed by atoms with Gasteiger partial charge in [0, 0.05) is 12.8 Å². The molecule has 0 amide bonds. The van der Waals surface area contributed by atoms with E-state index in [-0.39, 0.29) is 0 Å². The molecule has 0 aromatic carbocycles. The highest BCUT2D eigenvalue weighted by molar-refractivity contribution is 4.97. The van der Waals surface area contributed by atoms with Crippen molar-refractivity contribution >= 4 is 0 Å². The number of rotatable bonds is 5. The van der Waals surface area contributed by atoms with Crippen molar-refractivity contribution in [2.45, 2.75) is 51.4 Å². The van der Waals surface area contributed by atoms with Crippen LogP contribution in [0.3, 0.4) is 0 Å². The summed E-state index contributed by atoms with van der Waals surface area (Å²) in [4.78, 5) is 0. The van der Waals surface area contributed by atoms with E-state index >= 15 is 0 Å². The summed E-state index contributed by atoms with van der Waals surface area (Å²) in [5, 5.41) is 0. The summed E-state index contributed by atoms with van der Waals surface area (Å²) >= 11 is 0. The Labute approximate surface area is 98.3 Å². The highest BCUT2D eigenvalue weighted by atomic mass is 16.5. The maximum Gasteiger partial charge on any atom is 0.122 e. The van der Waals surface area contributed by atoms with Crippen molar-refractivity contribution in [2.75, 3.05) is 13.2 Å². The second-order valence-corrected chi connectivity index (χ2v) is 4.53. The number of hydrogen-bond acceptors (Lipinski definition) is 2. The molecular weight excluding hydrogens is 200 g/mol. The Morgan fingerprint density at radius 1 is 0.750 bits per heavy atom. The maximum atomic E-state index is 5.68. The van der Waals surface area contributed by atoms with Crippen LogP contribution in [-0.4, -0.2) is 13.2 Å². The van der Waals surface area contributed by atoms with Gasteiger partial charge in [-0.15, -0.1) is 0 Å². The van der Waals surface area contributed by atoms with Gasteiger partial charge in [0.2, 0.25) is 0 Å². The van der Waals surface area contributed by atoms with Gasteiger partial charge in [-0.3, -0.25) is 0 Å². The van der Waals surface area contributed by atoms with E-state index in [2.05, 4.69) is 12.2 Å². The van der Waals surface area contributed by atoms with Crippen molar-refractivity contribution in [1.82, 2.24) is 0 Å². The fraction of sp³-hybridized carbons (Fsp3) is 0.714. The molecule has 0 radical (unpaired) electrons. The molecule has 0 N–H and O–H groups in total. The molecule has 0 atom stereocenters. The summed E-state index contributed by atoms with van der Waals surface area (Å²) in [6, 6.07) is 0. The molecule has 0 spiro atoms. The molecule has 90 valence electrons. The van der Waals surface area contributed by atoms with Crippen molar-refractivity contribution in [3.8, 4) is 0 Å². The van der Waals surface area contributed by atoms with Gasteiger partial charge in [0.25, 0.3) is 0 Å². The van der Waals surface area contributed by atoms with Crippen molar-refractivity contribution in [1.29, 1.82) is 0 Å². The van der Waals surface area contributed by atoms with E-state index in [1.54, 1.807) is 0 Å². The Bertz CT molecular complexity index is 238. The van der Waals surface area contributed by atoms with Crippen LogP contribution < -0.4 is 0 Å². The van der Waals surface area contributed by atoms with Crippen LogP contribution in [0.1, 0.15) is 51.4 Å². The van der Waals surface area contributed by atoms with E-state index in [9.17, 15) is 0 Å². The molecule has 2 nitrogen and oxygen atoms in total. The molecule has 0 aromatic heterocycles. The minimum absolute atomic E-state index is 0.698. The third kappa shape index (κ3) is 3.92. The summed E-state index contributed by atoms with van der Waals surface area (Å²) in [6.07, 6.45) is 14.2. The molecule has 2 heteroatoms. The molecule has 0 aromatic rings. The van der Waals surface area contributed by atoms with Crippen molar-refractivity contribution in [3.63, 3.8) is 0 Å². The predicted octanol–water partition coefficient (Wildman–Crippen LogP) is 3.94. The Morgan fingerprint density at radius 3 is 1.62 bits per heavy atom. The van der Waals surface area contributed by atoms with Gasteiger partial charge in [0.05, 0.1) is 11.5 Å². The molecule has 0 saturated carbocycles. The lowest BCUT2D eigenvalue weighted by molar-refractivity contribution is 0.105. The Morgan fingerprint density at radius 2 is 1.25 bits per heavy atom. The summed E-state index contributed by atoms with van der Waals surface area (Å²) in [5.41, 5.74) is 0. The van der Waals surface area contributed by atoms with Crippen molar-refractivity contribution in [2.24, 2.45) is 0 Å². The summed E-state index contributed by atoms with van der Waals surface area (Å²) in [5.74, 6) is 2.35. The largest absolute Gasteiger partial charge is 0.495 e. The fourth-order valence-corrected chi connectivity index (χ4v) is 2.23. The Kier molecular flexibility index (Phi) is 4.78. The molecule has 2 aliphatic carbocycles. The molecule has 0 heterocycles. The zero-order valence-electron chi connectivity index (χ0n) is 10.0. The summed E-state index contributed by atoms with van der Waals surface area (Å²) in [6.45, 7) is 1.40. The third-order valence-electron chi connectivity index (χ3n) is 3.16. The predicted molar refractivity (Wildman–Crippen MR) is 65.0 cm³/mol. The van der Waals surface area contributed by atoms with Gasteiger partial charge in [-0.1, -0.05) is 0 Å². The standard InChI is InChI=1S/C14H22O2/c1-3-7-13(8-4-1)15-11-12-16-14-9-5-2-6-10-14/h7,9H,1-6,8,10-12H2. The lowest BCUT2D eigenvalue weighted by atomic mass is 10.1. The van der Waals surface area contributed by atoms with Gasteiger partial charge in [-0.05, 0) is 50.7 Å². The third-order valence-corrected chi connectivity index (χ3v) is 3.16. The van der Waals surface area contributed by atoms with E-state index in [4.69, 9.17) is 9.47 Å². The van der Waals surface area contributed by atoms with E-state index in [1.807, 2.05) is 0 Å². The molecular formula is C14H22O2. The molecule has 0 aliphatic heterocycles. The monoisotopic (exact) mass is 222 g/mol. The SMILES string of the molecule is C1=C(OCCOC2=CCCCC2)CCCC1. The molecule has 2 aliphatic rings. The van der Waals surface area contributed by atoms with Crippen LogP contribution in [0.15, 0.2) is 23.7 Å². The zero-order chi connectivity index (χ0) is 11.1. The lowest BCUT2D eigenvalue weighted by Crippen LogP contribution is -2.07. The van der Waals surface area contributed by atoms with Gasteiger partial charge in [-0.2, -0.15) is 0 Å². The minimum Gasteiger partial charge on any atom is -0.495 e. The highest BCUT2D eigenvalue weighted by Crippen LogP contribution is 2.19. The molecule has 0 fully saturated rings. The number of allylic oxidation sites excluding steroid dienone is 4. The van der Waals surface area contributed by atoms with Gasteiger partial charge >= 0.3 is 0 Å². The van der Waals surface area contributed by atoms with Crippen LogP contribution >= 0.6 is 0 Å². The second-order valence-electron chi connectivity index (χ2n) is 4.53. The van der Waals surface area contributed by atoms with Gasteiger partial charge in [-0.25, -0.2) is 0 Å². The first kappa shape index (κ1) is 11.6. The normalized spacial score (nSPS) is 21.0. The van der Waals surface area contributed by atoms with E-state index in [0.717, 1.165) is 12.8 Å². The van der Waals surface area contributed by atoms with Crippen LogP contribution in [-0.2, 0) is 9.47 Å². The Balaban J connectivity index is 1.57. The molecule has 0 unspecified atom stereocenters. The summed E-state index contributed by atoms with van der Waals surface area (Å²) in [7, 11) is 0. The van der Waals surface area contributed by atoms with E-state index in [1.165, 1.54) is 50.0 Å². The Hall–Kier alpha value is -0.920. The van der Waals surface area contributed by atoms with Crippen molar-refractivity contribution < 1.29 is 9.47 Å². The maximum absolute atomic E-state index is 5.68. The smallest absolute Gasteiger partial charge is 0.122 e. The average molecular weight is 222 g/mol. The van der Waals surface area contributed by atoms with E-state index < -0.39 is 0 Å². The quantitative estimate of drug-likeness (QED) is 0.656. The first-order chi connectivity index (χ1) is 7.95. The topological polar surface area (TPSA) is 18.5 Å². The number of ether oxygens (including phenoxy) is 2. The van der Waals surface area contributed by atoms with Gasteiger partial charge in [0.15, 0.2) is 0 Å². The van der Waals surface area contributed by atoms with Crippen LogP contribution in [0.25, 0.3) is 0 Å². The number of hydrogen-bond donors (Lipinski definition) is 0. The minimum atomic E-state index is 0.698. The van der Waals surface area contributed by atoms with E-state index in [0.29, 0.717) is 13.2 Å². The molecule has 0 bridgehead atoms. The van der Waals surface area contributed by atoms with Gasteiger partial charge < -0.3 is 9.47 Å². The molecule has 16 heavy (non-hydrogen) atoms. The fourth-order valence-electron chi connectivity index (χ4n) is 2.23. The summed E-state index contributed by atoms with van der Waals surface area (Å²) < 4.78 is 11.4. The van der Waals surface area contributed by atoms with Gasteiger partial charge in [0.1, 0.15) is 13.2 Å². The van der Waals surface area contributed by atoms with Crippen LogP contribution in [0.2, 0.25) is 0 Å².